The predicted molar refractivity (Wildman–Crippen MR) is 153 cm³/mol. The fourth-order valence-electron chi connectivity index (χ4n) is 5.79. The van der Waals surface area contributed by atoms with Crippen LogP contribution < -0.4 is 20.3 Å². The topological polar surface area (TPSA) is 94.2 Å². The highest BCUT2D eigenvalue weighted by molar-refractivity contribution is 6.02. The second-order valence-electron chi connectivity index (χ2n) is 10.7. The van der Waals surface area contributed by atoms with Gasteiger partial charge in [0.2, 0.25) is 5.91 Å². The Balaban J connectivity index is 1.28. The van der Waals surface area contributed by atoms with E-state index in [4.69, 9.17) is 4.74 Å². The average Bonchev–Trinajstić information content (AvgIpc) is 3.53. The van der Waals surface area contributed by atoms with Crippen molar-refractivity contribution in [1.82, 2.24) is 9.80 Å². The molecule has 0 atom stereocenters. The summed E-state index contributed by atoms with van der Waals surface area (Å²) in [4.78, 5) is 45.2. The summed E-state index contributed by atoms with van der Waals surface area (Å²) in [5.74, 6) is 0.859. The number of benzene rings is 2. The summed E-state index contributed by atoms with van der Waals surface area (Å²) in [7, 11) is 1.61. The van der Waals surface area contributed by atoms with Crippen LogP contribution in [0.5, 0.6) is 5.75 Å². The van der Waals surface area contributed by atoms with Crippen LogP contribution in [0.4, 0.5) is 21.9 Å². The maximum atomic E-state index is 13.7. The fourth-order valence-corrected chi connectivity index (χ4v) is 5.79. The Morgan fingerprint density at radius 1 is 0.744 bits per heavy atom. The monoisotopic (exact) mass is 533 g/mol. The zero-order valence-electron chi connectivity index (χ0n) is 22.8. The average molecular weight is 534 g/mol. The number of piperidine rings is 1. The number of anilines is 3. The molecule has 2 aromatic carbocycles. The molecule has 2 N–H and O–H groups in total. The minimum atomic E-state index is -0.144. The summed E-state index contributed by atoms with van der Waals surface area (Å²) in [5.41, 5.74) is 2.87. The quantitative estimate of drug-likeness (QED) is 0.556. The first-order chi connectivity index (χ1) is 19.0. The molecule has 2 heterocycles. The summed E-state index contributed by atoms with van der Waals surface area (Å²) >= 11 is 0. The van der Waals surface area contributed by atoms with Gasteiger partial charge in [0.05, 0.1) is 12.7 Å². The van der Waals surface area contributed by atoms with Gasteiger partial charge in [0.15, 0.2) is 0 Å². The van der Waals surface area contributed by atoms with Gasteiger partial charge in [-0.1, -0.05) is 12.8 Å². The van der Waals surface area contributed by atoms with Crippen molar-refractivity contribution >= 4 is 34.9 Å². The second kappa shape index (κ2) is 12.4. The predicted octanol–water partition coefficient (Wildman–Crippen LogP) is 4.80. The Bertz CT molecular complexity index is 1160. The lowest BCUT2D eigenvalue weighted by Crippen LogP contribution is -2.50. The summed E-state index contributed by atoms with van der Waals surface area (Å²) in [6.45, 7) is 3.83. The Morgan fingerprint density at radius 3 is 2.08 bits per heavy atom. The minimum absolute atomic E-state index is 0.0151. The first-order valence-electron chi connectivity index (χ1n) is 14.2. The smallest absolute Gasteiger partial charge is 0.321 e. The first-order valence-corrected chi connectivity index (χ1v) is 14.2. The van der Waals surface area contributed by atoms with E-state index in [1.165, 1.54) is 0 Å². The molecule has 1 aliphatic carbocycles. The van der Waals surface area contributed by atoms with Gasteiger partial charge >= 0.3 is 6.03 Å². The molecule has 0 unspecified atom stereocenters. The van der Waals surface area contributed by atoms with Crippen molar-refractivity contribution in [1.29, 1.82) is 0 Å². The number of nitrogens with one attached hydrogen (secondary N) is 2. The molecule has 2 aromatic rings. The number of hydrogen-bond donors (Lipinski definition) is 2. The Hall–Kier alpha value is -3.75. The summed E-state index contributed by atoms with van der Waals surface area (Å²) in [6.07, 6.45) is 7.23. The number of ether oxygens (including phenoxy) is 1. The number of urea groups is 1. The molecule has 9 heteroatoms. The highest BCUT2D eigenvalue weighted by Crippen LogP contribution is 2.30. The van der Waals surface area contributed by atoms with Crippen LogP contribution in [0, 0.1) is 5.92 Å². The van der Waals surface area contributed by atoms with Gasteiger partial charge in [0, 0.05) is 62.2 Å². The van der Waals surface area contributed by atoms with Crippen LogP contribution in [-0.4, -0.2) is 74.0 Å². The molecule has 5 rings (SSSR count). The number of rotatable bonds is 6. The van der Waals surface area contributed by atoms with E-state index in [-0.39, 0.29) is 23.8 Å². The lowest BCUT2D eigenvalue weighted by Gasteiger charge is -2.37. The second-order valence-corrected chi connectivity index (χ2v) is 10.7. The number of hydrogen-bond acceptors (Lipinski definition) is 5. The lowest BCUT2D eigenvalue weighted by molar-refractivity contribution is -0.119. The van der Waals surface area contributed by atoms with Gasteiger partial charge in [-0.2, -0.15) is 0 Å². The van der Waals surface area contributed by atoms with Crippen LogP contribution >= 0.6 is 0 Å². The number of amides is 4. The molecule has 39 heavy (non-hydrogen) atoms. The van der Waals surface area contributed by atoms with Gasteiger partial charge < -0.3 is 30.1 Å². The Labute approximate surface area is 230 Å². The van der Waals surface area contributed by atoms with E-state index in [1.54, 1.807) is 12.0 Å². The molecule has 3 aliphatic rings. The van der Waals surface area contributed by atoms with E-state index in [2.05, 4.69) is 15.5 Å². The van der Waals surface area contributed by atoms with Crippen molar-refractivity contribution in [3.63, 3.8) is 0 Å². The molecule has 0 bridgehead atoms. The van der Waals surface area contributed by atoms with Gasteiger partial charge in [0.1, 0.15) is 5.75 Å². The standard InChI is InChI=1S/C30H39N5O4/c1-39-25-12-9-23(10-13-25)32-30(38)35-19-17-33(18-20-35)27-14-11-24(31-28(36)22-7-3-4-8-22)21-26(27)29(37)34-15-5-2-6-16-34/h9-14,21-22H,2-8,15-20H2,1H3,(H,31,36)(H,32,38). The molecule has 0 spiro atoms. The molecule has 0 aromatic heterocycles. The van der Waals surface area contributed by atoms with Crippen LogP contribution in [0.2, 0.25) is 0 Å². The molecule has 2 saturated heterocycles. The zero-order valence-corrected chi connectivity index (χ0v) is 22.8. The maximum Gasteiger partial charge on any atom is 0.321 e. The molecule has 3 fully saturated rings. The van der Waals surface area contributed by atoms with E-state index in [0.29, 0.717) is 43.1 Å². The third-order valence-corrected chi connectivity index (χ3v) is 8.11. The van der Waals surface area contributed by atoms with Crippen molar-refractivity contribution in [3.05, 3.63) is 48.0 Å². The van der Waals surface area contributed by atoms with E-state index < -0.39 is 0 Å². The molecule has 1 saturated carbocycles. The van der Waals surface area contributed by atoms with Gasteiger partial charge in [-0.25, -0.2) is 4.79 Å². The normalized spacial score (nSPS) is 18.1. The van der Waals surface area contributed by atoms with Crippen molar-refractivity contribution in [3.8, 4) is 5.75 Å². The number of carbonyl (C=O) groups excluding carboxylic acids is 3. The molecule has 9 nitrogen and oxygen atoms in total. The number of methoxy groups -OCH3 is 1. The van der Waals surface area contributed by atoms with E-state index in [1.807, 2.05) is 47.4 Å². The maximum absolute atomic E-state index is 13.7. The lowest BCUT2D eigenvalue weighted by atomic mass is 10.0. The number of carbonyl (C=O) groups is 3. The zero-order chi connectivity index (χ0) is 27.2. The van der Waals surface area contributed by atoms with Crippen LogP contribution in [0.1, 0.15) is 55.3 Å². The third-order valence-electron chi connectivity index (χ3n) is 8.11. The van der Waals surface area contributed by atoms with Crippen molar-refractivity contribution < 1.29 is 19.1 Å². The van der Waals surface area contributed by atoms with Crippen LogP contribution in [0.15, 0.2) is 42.5 Å². The highest BCUT2D eigenvalue weighted by atomic mass is 16.5. The first kappa shape index (κ1) is 26.8. The van der Waals surface area contributed by atoms with E-state index in [0.717, 1.165) is 69.5 Å². The van der Waals surface area contributed by atoms with E-state index in [9.17, 15) is 14.4 Å². The van der Waals surface area contributed by atoms with Crippen LogP contribution in [-0.2, 0) is 4.79 Å². The Morgan fingerprint density at radius 2 is 1.41 bits per heavy atom. The van der Waals surface area contributed by atoms with Crippen LogP contribution in [0.25, 0.3) is 0 Å². The van der Waals surface area contributed by atoms with Gasteiger partial charge in [-0.05, 0) is 74.6 Å². The molecule has 4 amide bonds. The Kier molecular flexibility index (Phi) is 8.54. The fraction of sp³-hybridized carbons (Fsp3) is 0.500. The molecule has 0 radical (unpaired) electrons. The third kappa shape index (κ3) is 6.46. The van der Waals surface area contributed by atoms with Crippen molar-refractivity contribution in [2.75, 3.05) is 61.9 Å². The number of nitrogens with zero attached hydrogens (tertiary/aromatic N) is 3. The van der Waals surface area contributed by atoms with Gasteiger partial charge in [0.25, 0.3) is 5.91 Å². The van der Waals surface area contributed by atoms with Gasteiger partial charge in [-0.3, -0.25) is 9.59 Å². The minimum Gasteiger partial charge on any atom is -0.497 e. The molecular weight excluding hydrogens is 494 g/mol. The number of likely N-dealkylation sites (tertiary alicyclic amines) is 1. The summed E-state index contributed by atoms with van der Waals surface area (Å²) in [6, 6.07) is 12.8. The number of piperazine rings is 1. The molecule has 2 aliphatic heterocycles. The summed E-state index contributed by atoms with van der Waals surface area (Å²) in [5, 5.41) is 6.02. The molecular formula is C30H39N5O4. The molecule has 208 valence electrons. The van der Waals surface area contributed by atoms with Crippen molar-refractivity contribution in [2.24, 2.45) is 5.92 Å². The van der Waals surface area contributed by atoms with Crippen molar-refractivity contribution in [2.45, 2.75) is 44.9 Å². The highest BCUT2D eigenvalue weighted by Gasteiger charge is 2.28. The summed E-state index contributed by atoms with van der Waals surface area (Å²) < 4.78 is 5.18. The SMILES string of the molecule is COc1ccc(NC(=O)N2CCN(c3ccc(NC(=O)C4CCCC4)cc3C(=O)N3CCCCC3)CC2)cc1. The largest absolute Gasteiger partial charge is 0.497 e. The van der Waals surface area contributed by atoms with Crippen LogP contribution in [0.3, 0.4) is 0 Å². The van der Waals surface area contributed by atoms with E-state index >= 15 is 0 Å². The van der Waals surface area contributed by atoms with Gasteiger partial charge in [-0.15, -0.1) is 0 Å².